The second-order valence-electron chi connectivity index (χ2n) is 2.98. The van der Waals surface area contributed by atoms with E-state index in [-0.39, 0.29) is 5.76 Å². The Hall–Kier alpha value is -0.960. The van der Waals surface area contributed by atoms with Crippen LogP contribution in [0, 0.1) is 0 Å². The molecular formula is C9H16N2O. The molecule has 0 aromatic carbocycles. The van der Waals surface area contributed by atoms with Gasteiger partial charge < -0.3 is 15.3 Å². The number of nitrogens with zero attached hydrogens (tertiary/aromatic N) is 1. The van der Waals surface area contributed by atoms with Crippen LogP contribution < -0.4 is 5.32 Å². The van der Waals surface area contributed by atoms with Crippen LogP contribution in [0.4, 0.5) is 0 Å². The molecule has 0 spiro atoms. The Kier molecular flexibility index (Phi) is 3.17. The van der Waals surface area contributed by atoms with E-state index in [9.17, 15) is 0 Å². The third-order valence-electron chi connectivity index (χ3n) is 2.05. The Morgan fingerprint density at radius 1 is 1.25 bits per heavy atom. The Morgan fingerprint density at radius 3 is 2.67 bits per heavy atom. The second kappa shape index (κ2) is 4.16. The molecule has 3 nitrogen and oxygen atoms in total. The van der Waals surface area contributed by atoms with E-state index in [4.69, 9.17) is 5.11 Å². The van der Waals surface area contributed by atoms with E-state index < -0.39 is 0 Å². The lowest BCUT2D eigenvalue weighted by Crippen LogP contribution is -2.27. The van der Waals surface area contributed by atoms with Crippen molar-refractivity contribution < 1.29 is 5.11 Å². The van der Waals surface area contributed by atoms with Gasteiger partial charge >= 0.3 is 0 Å². The number of nitrogens with one attached hydrogen (secondary N) is 1. The van der Waals surface area contributed by atoms with Gasteiger partial charge in [-0.3, -0.25) is 0 Å². The lowest BCUT2D eigenvalue weighted by atomic mass is 10.3. The lowest BCUT2D eigenvalue weighted by Gasteiger charge is -2.23. The predicted molar refractivity (Wildman–Crippen MR) is 50.0 cm³/mol. The maximum absolute atomic E-state index is 9.11. The standard InChI is InChI=1S/C9H16N2O/c1-8(9(2)12)11-6-3-4-10-5-7-11/h10,12H,1-7H2. The highest BCUT2D eigenvalue weighted by Gasteiger charge is 2.11. The SMILES string of the molecule is C=C(O)C(=C)N1CCCNCC1. The van der Waals surface area contributed by atoms with E-state index in [1.54, 1.807) is 0 Å². The summed E-state index contributed by atoms with van der Waals surface area (Å²) in [6.07, 6.45) is 1.09. The van der Waals surface area contributed by atoms with Crippen LogP contribution in [-0.2, 0) is 0 Å². The third-order valence-corrected chi connectivity index (χ3v) is 2.05. The van der Waals surface area contributed by atoms with Gasteiger partial charge in [-0.1, -0.05) is 13.2 Å². The van der Waals surface area contributed by atoms with Crippen molar-refractivity contribution in [3.63, 3.8) is 0 Å². The molecule has 0 radical (unpaired) electrons. The maximum Gasteiger partial charge on any atom is 0.131 e. The summed E-state index contributed by atoms with van der Waals surface area (Å²) in [7, 11) is 0. The van der Waals surface area contributed by atoms with Gasteiger partial charge in [0.15, 0.2) is 0 Å². The van der Waals surface area contributed by atoms with Gasteiger partial charge in [-0.2, -0.15) is 0 Å². The molecule has 0 aliphatic carbocycles. The Balaban J connectivity index is 2.48. The largest absolute Gasteiger partial charge is 0.506 e. The van der Waals surface area contributed by atoms with E-state index in [2.05, 4.69) is 23.4 Å². The smallest absolute Gasteiger partial charge is 0.131 e. The van der Waals surface area contributed by atoms with Crippen molar-refractivity contribution in [3.8, 4) is 0 Å². The van der Waals surface area contributed by atoms with Crippen LogP contribution in [0.3, 0.4) is 0 Å². The molecule has 0 bridgehead atoms. The number of hydrogen-bond donors (Lipinski definition) is 2. The number of aliphatic hydroxyl groups is 1. The molecule has 1 aliphatic heterocycles. The van der Waals surface area contributed by atoms with E-state index in [1.165, 1.54) is 0 Å². The highest BCUT2D eigenvalue weighted by Crippen LogP contribution is 2.09. The molecule has 1 rings (SSSR count). The van der Waals surface area contributed by atoms with Gasteiger partial charge in [0.1, 0.15) is 5.76 Å². The minimum atomic E-state index is 0.0805. The van der Waals surface area contributed by atoms with Gasteiger partial charge in [-0.05, 0) is 13.0 Å². The average molecular weight is 168 g/mol. The number of aliphatic hydroxyl groups excluding tert-OH is 1. The molecule has 0 aromatic heterocycles. The molecule has 3 heteroatoms. The van der Waals surface area contributed by atoms with Crippen molar-refractivity contribution in [2.45, 2.75) is 6.42 Å². The van der Waals surface area contributed by atoms with Crippen LogP contribution >= 0.6 is 0 Å². The van der Waals surface area contributed by atoms with Gasteiger partial charge in [0.2, 0.25) is 0 Å². The first kappa shape index (κ1) is 9.13. The fraction of sp³-hybridized carbons (Fsp3) is 0.556. The molecule has 0 saturated carbocycles. The van der Waals surface area contributed by atoms with E-state index in [0.29, 0.717) is 5.70 Å². The third kappa shape index (κ3) is 2.27. The van der Waals surface area contributed by atoms with Crippen LogP contribution in [-0.4, -0.2) is 36.2 Å². The summed E-state index contributed by atoms with van der Waals surface area (Å²) in [6, 6.07) is 0. The van der Waals surface area contributed by atoms with Crippen LogP contribution in [0.2, 0.25) is 0 Å². The molecule has 0 unspecified atom stereocenters. The van der Waals surface area contributed by atoms with Gasteiger partial charge in [-0.25, -0.2) is 0 Å². The van der Waals surface area contributed by atoms with Crippen molar-refractivity contribution >= 4 is 0 Å². The van der Waals surface area contributed by atoms with E-state index in [0.717, 1.165) is 32.6 Å². The fourth-order valence-corrected chi connectivity index (χ4v) is 1.30. The predicted octanol–water partition coefficient (Wildman–Crippen LogP) is 0.867. The Morgan fingerprint density at radius 2 is 2.00 bits per heavy atom. The first-order valence-electron chi connectivity index (χ1n) is 4.24. The molecule has 1 aliphatic rings. The highest BCUT2D eigenvalue weighted by molar-refractivity contribution is 5.16. The Bertz CT molecular complexity index is 181. The molecule has 68 valence electrons. The summed E-state index contributed by atoms with van der Waals surface area (Å²) in [4.78, 5) is 2.06. The van der Waals surface area contributed by atoms with Crippen molar-refractivity contribution in [1.29, 1.82) is 0 Å². The molecule has 0 aromatic rings. The number of hydrogen-bond acceptors (Lipinski definition) is 3. The molecule has 1 heterocycles. The summed E-state index contributed by atoms with van der Waals surface area (Å²) < 4.78 is 0. The Labute approximate surface area is 73.4 Å². The highest BCUT2D eigenvalue weighted by atomic mass is 16.3. The van der Waals surface area contributed by atoms with E-state index >= 15 is 0 Å². The fourth-order valence-electron chi connectivity index (χ4n) is 1.30. The molecular weight excluding hydrogens is 152 g/mol. The molecule has 0 amide bonds. The minimum Gasteiger partial charge on any atom is -0.506 e. The quantitative estimate of drug-likeness (QED) is 0.474. The average Bonchev–Trinajstić information content (AvgIpc) is 2.30. The van der Waals surface area contributed by atoms with Crippen LogP contribution in [0.25, 0.3) is 0 Å². The van der Waals surface area contributed by atoms with Gasteiger partial charge in [0, 0.05) is 19.6 Å². The summed E-state index contributed by atoms with van der Waals surface area (Å²) in [5, 5.41) is 12.4. The zero-order valence-corrected chi connectivity index (χ0v) is 7.34. The van der Waals surface area contributed by atoms with Crippen molar-refractivity contribution in [2.75, 3.05) is 26.2 Å². The topological polar surface area (TPSA) is 35.5 Å². The number of rotatable bonds is 2. The maximum atomic E-state index is 9.11. The lowest BCUT2D eigenvalue weighted by molar-refractivity contribution is 0.322. The first-order chi connectivity index (χ1) is 5.72. The molecule has 2 N–H and O–H groups in total. The van der Waals surface area contributed by atoms with Crippen molar-refractivity contribution in [2.24, 2.45) is 0 Å². The van der Waals surface area contributed by atoms with Crippen LogP contribution in [0.1, 0.15) is 6.42 Å². The first-order valence-corrected chi connectivity index (χ1v) is 4.24. The van der Waals surface area contributed by atoms with Crippen molar-refractivity contribution in [1.82, 2.24) is 10.2 Å². The summed E-state index contributed by atoms with van der Waals surface area (Å²) >= 11 is 0. The van der Waals surface area contributed by atoms with Gasteiger partial charge in [0.25, 0.3) is 0 Å². The molecule has 1 saturated heterocycles. The zero-order chi connectivity index (χ0) is 8.97. The van der Waals surface area contributed by atoms with Gasteiger partial charge in [-0.15, -0.1) is 0 Å². The summed E-state index contributed by atoms with van der Waals surface area (Å²) in [5.74, 6) is 0.0805. The van der Waals surface area contributed by atoms with Crippen LogP contribution in [0.15, 0.2) is 24.6 Å². The van der Waals surface area contributed by atoms with E-state index in [1.807, 2.05) is 0 Å². The second-order valence-corrected chi connectivity index (χ2v) is 2.98. The molecule has 12 heavy (non-hydrogen) atoms. The minimum absolute atomic E-state index is 0.0805. The van der Waals surface area contributed by atoms with Crippen LogP contribution in [0.5, 0.6) is 0 Å². The summed E-state index contributed by atoms with van der Waals surface area (Å²) in [5.41, 5.74) is 0.652. The summed E-state index contributed by atoms with van der Waals surface area (Å²) in [6.45, 7) is 11.1. The van der Waals surface area contributed by atoms with Crippen molar-refractivity contribution in [3.05, 3.63) is 24.6 Å². The zero-order valence-electron chi connectivity index (χ0n) is 7.34. The molecule has 1 fully saturated rings. The monoisotopic (exact) mass is 168 g/mol. The normalized spacial score (nSPS) is 18.5. The molecule has 0 atom stereocenters. The van der Waals surface area contributed by atoms with Gasteiger partial charge in [0.05, 0.1) is 5.70 Å².